The minimum atomic E-state index is 0.216. The first-order valence-electron chi connectivity index (χ1n) is 3.88. The number of likely N-dealkylation sites (tertiary alicyclic amines) is 1. The van der Waals surface area contributed by atoms with Gasteiger partial charge in [0.15, 0.2) is 0 Å². The van der Waals surface area contributed by atoms with E-state index in [1.165, 1.54) is 0 Å². The predicted octanol–water partition coefficient (Wildman–Crippen LogP) is 0.911. The van der Waals surface area contributed by atoms with Crippen LogP contribution in [0.15, 0.2) is 0 Å². The van der Waals surface area contributed by atoms with E-state index in [1.807, 2.05) is 7.05 Å². The van der Waals surface area contributed by atoms with Crippen molar-refractivity contribution in [3.63, 3.8) is 0 Å². The first-order chi connectivity index (χ1) is 5.25. The summed E-state index contributed by atoms with van der Waals surface area (Å²) in [5, 5.41) is 8.33. The molecule has 0 bridgehead atoms. The normalized spacial score (nSPS) is 23.8. The second kappa shape index (κ2) is 3.38. The average Bonchev–Trinajstić information content (AvgIpc) is 2.31. The van der Waals surface area contributed by atoms with Gasteiger partial charge in [-0.15, -0.1) is 0 Å². The van der Waals surface area contributed by atoms with E-state index in [4.69, 9.17) is 5.26 Å². The number of nitriles is 1. The molecule has 1 aliphatic heterocycles. The van der Waals surface area contributed by atoms with Crippen molar-refractivity contribution < 1.29 is 4.79 Å². The lowest BCUT2D eigenvalue weighted by Crippen LogP contribution is -2.28. The third-order valence-electron chi connectivity index (χ3n) is 2.22. The summed E-state index contributed by atoms with van der Waals surface area (Å²) in [4.78, 5) is 12.8. The zero-order valence-electron chi connectivity index (χ0n) is 6.71. The highest BCUT2D eigenvalue weighted by atomic mass is 16.2. The zero-order valence-corrected chi connectivity index (χ0v) is 6.71. The molecule has 0 saturated carbocycles. The molecule has 1 amide bonds. The Hall–Kier alpha value is -1.04. The van der Waals surface area contributed by atoms with Crippen LogP contribution < -0.4 is 0 Å². The highest BCUT2D eigenvalue weighted by Gasteiger charge is 2.26. The summed E-state index contributed by atoms with van der Waals surface area (Å²) >= 11 is 0. The molecule has 1 heterocycles. The van der Waals surface area contributed by atoms with Crippen molar-refractivity contribution >= 4 is 5.91 Å². The lowest BCUT2D eigenvalue weighted by atomic mass is 10.1. The van der Waals surface area contributed by atoms with Crippen molar-refractivity contribution in [2.24, 2.45) is 0 Å². The topological polar surface area (TPSA) is 44.1 Å². The molecular formula is C8H12N2O. The Kier molecular flexibility index (Phi) is 2.48. The third-order valence-corrected chi connectivity index (χ3v) is 2.22. The van der Waals surface area contributed by atoms with Gasteiger partial charge >= 0.3 is 0 Å². The summed E-state index contributed by atoms with van der Waals surface area (Å²) in [5.41, 5.74) is 0. The molecule has 0 aromatic carbocycles. The smallest absolute Gasteiger partial charge is 0.222 e. The Morgan fingerprint density at radius 2 is 2.55 bits per heavy atom. The quantitative estimate of drug-likeness (QED) is 0.590. The van der Waals surface area contributed by atoms with E-state index < -0.39 is 0 Å². The van der Waals surface area contributed by atoms with Gasteiger partial charge in [0.25, 0.3) is 0 Å². The molecule has 0 spiro atoms. The highest BCUT2D eigenvalue weighted by Crippen LogP contribution is 2.19. The first kappa shape index (κ1) is 8.06. The maximum atomic E-state index is 11.0. The predicted molar refractivity (Wildman–Crippen MR) is 40.6 cm³/mol. The van der Waals surface area contributed by atoms with Crippen LogP contribution in [0, 0.1) is 11.3 Å². The molecule has 11 heavy (non-hydrogen) atoms. The van der Waals surface area contributed by atoms with Crippen molar-refractivity contribution in [3.8, 4) is 6.07 Å². The molecule has 1 fully saturated rings. The van der Waals surface area contributed by atoms with Gasteiger partial charge in [0.1, 0.15) is 0 Å². The summed E-state index contributed by atoms with van der Waals surface area (Å²) in [5.74, 6) is 0.216. The Morgan fingerprint density at radius 3 is 3.00 bits per heavy atom. The second-order valence-corrected chi connectivity index (χ2v) is 2.89. The Balaban J connectivity index is 2.37. The van der Waals surface area contributed by atoms with Crippen LogP contribution in [-0.2, 0) is 4.79 Å². The number of rotatable bonds is 2. The van der Waals surface area contributed by atoms with Gasteiger partial charge in [-0.25, -0.2) is 0 Å². The fourth-order valence-corrected chi connectivity index (χ4v) is 1.43. The monoisotopic (exact) mass is 152 g/mol. The molecule has 60 valence electrons. The van der Waals surface area contributed by atoms with Crippen LogP contribution in [0.4, 0.5) is 0 Å². The molecule has 3 heteroatoms. The van der Waals surface area contributed by atoms with Crippen molar-refractivity contribution in [1.82, 2.24) is 4.90 Å². The summed E-state index contributed by atoms with van der Waals surface area (Å²) in [7, 11) is 1.82. The van der Waals surface area contributed by atoms with Crippen molar-refractivity contribution in [2.75, 3.05) is 7.05 Å². The standard InChI is InChI=1S/C8H12N2O/c1-10-7(3-2-6-9)4-5-8(10)11/h7H,2-5H2,1H3/t7-/m1/s1. The SMILES string of the molecule is CN1C(=O)CC[C@H]1CCC#N. The Morgan fingerprint density at radius 1 is 1.82 bits per heavy atom. The molecule has 0 aliphatic carbocycles. The highest BCUT2D eigenvalue weighted by molar-refractivity contribution is 5.78. The number of hydrogen-bond acceptors (Lipinski definition) is 2. The number of hydrogen-bond donors (Lipinski definition) is 0. The Bertz CT molecular complexity index is 195. The van der Waals surface area contributed by atoms with Gasteiger partial charge in [-0.1, -0.05) is 0 Å². The van der Waals surface area contributed by atoms with E-state index in [-0.39, 0.29) is 5.91 Å². The van der Waals surface area contributed by atoms with Gasteiger partial charge in [0.2, 0.25) is 5.91 Å². The van der Waals surface area contributed by atoms with Crippen LogP contribution in [0.3, 0.4) is 0 Å². The minimum Gasteiger partial charge on any atom is -0.343 e. The third kappa shape index (κ3) is 1.70. The van der Waals surface area contributed by atoms with Crippen molar-refractivity contribution in [3.05, 3.63) is 0 Å². The van der Waals surface area contributed by atoms with Crippen LogP contribution in [-0.4, -0.2) is 23.9 Å². The number of carbonyl (C=O) groups is 1. The number of nitrogens with zero attached hydrogens (tertiary/aromatic N) is 2. The summed E-state index contributed by atoms with van der Waals surface area (Å²) in [6.45, 7) is 0. The number of amides is 1. The lowest BCUT2D eigenvalue weighted by molar-refractivity contribution is -0.127. The van der Waals surface area contributed by atoms with Gasteiger partial charge < -0.3 is 4.90 Å². The van der Waals surface area contributed by atoms with Crippen LogP contribution in [0.2, 0.25) is 0 Å². The maximum Gasteiger partial charge on any atom is 0.222 e. The van der Waals surface area contributed by atoms with Crippen molar-refractivity contribution in [1.29, 1.82) is 5.26 Å². The first-order valence-corrected chi connectivity index (χ1v) is 3.88. The van der Waals surface area contributed by atoms with E-state index in [0.29, 0.717) is 18.9 Å². The molecule has 1 rings (SSSR count). The molecule has 1 saturated heterocycles. The molecule has 0 aromatic heterocycles. The summed E-state index contributed by atoms with van der Waals surface area (Å²) in [6.07, 6.45) is 2.98. The van der Waals surface area contributed by atoms with Gasteiger partial charge in [-0.2, -0.15) is 5.26 Å². The van der Waals surface area contributed by atoms with Crippen LogP contribution in [0.1, 0.15) is 25.7 Å². The summed E-state index contributed by atoms with van der Waals surface area (Å²) < 4.78 is 0. The van der Waals surface area contributed by atoms with Crippen LogP contribution in [0.25, 0.3) is 0 Å². The lowest BCUT2D eigenvalue weighted by Gasteiger charge is -2.17. The molecule has 0 unspecified atom stereocenters. The molecule has 3 nitrogen and oxygen atoms in total. The van der Waals surface area contributed by atoms with Gasteiger partial charge in [0, 0.05) is 25.9 Å². The van der Waals surface area contributed by atoms with Gasteiger partial charge in [0.05, 0.1) is 6.07 Å². The van der Waals surface area contributed by atoms with Gasteiger partial charge in [-0.3, -0.25) is 4.79 Å². The maximum absolute atomic E-state index is 11.0. The molecular weight excluding hydrogens is 140 g/mol. The molecule has 1 atom stereocenters. The molecule has 0 aromatic rings. The van der Waals surface area contributed by atoms with E-state index in [1.54, 1.807) is 4.90 Å². The minimum absolute atomic E-state index is 0.216. The number of carbonyl (C=O) groups excluding carboxylic acids is 1. The second-order valence-electron chi connectivity index (χ2n) is 2.89. The zero-order chi connectivity index (χ0) is 8.27. The van der Waals surface area contributed by atoms with Crippen molar-refractivity contribution in [2.45, 2.75) is 31.7 Å². The van der Waals surface area contributed by atoms with E-state index in [9.17, 15) is 4.79 Å². The van der Waals surface area contributed by atoms with Crippen LogP contribution in [0.5, 0.6) is 0 Å². The van der Waals surface area contributed by atoms with Crippen LogP contribution >= 0.6 is 0 Å². The fourth-order valence-electron chi connectivity index (χ4n) is 1.43. The largest absolute Gasteiger partial charge is 0.343 e. The van der Waals surface area contributed by atoms with E-state index >= 15 is 0 Å². The molecule has 0 radical (unpaired) electrons. The molecule has 0 N–H and O–H groups in total. The van der Waals surface area contributed by atoms with E-state index in [2.05, 4.69) is 6.07 Å². The average molecular weight is 152 g/mol. The van der Waals surface area contributed by atoms with E-state index in [0.717, 1.165) is 12.8 Å². The fraction of sp³-hybridized carbons (Fsp3) is 0.750. The van der Waals surface area contributed by atoms with Gasteiger partial charge in [-0.05, 0) is 12.8 Å². The summed E-state index contributed by atoms with van der Waals surface area (Å²) in [6, 6.07) is 2.41. The Labute approximate surface area is 66.6 Å². The molecule has 1 aliphatic rings.